The minimum Gasteiger partial charge on any atom is -0.495 e. The maximum absolute atomic E-state index is 12.1. The van der Waals surface area contributed by atoms with Crippen LogP contribution in [0.3, 0.4) is 0 Å². The smallest absolute Gasteiger partial charge is 0.412 e. The molecule has 5 nitrogen and oxygen atoms in total. The highest BCUT2D eigenvalue weighted by Crippen LogP contribution is 2.35. The van der Waals surface area contributed by atoms with Crippen LogP contribution in [0, 0.1) is 0 Å². The van der Waals surface area contributed by atoms with Gasteiger partial charge >= 0.3 is 6.09 Å². The van der Waals surface area contributed by atoms with Gasteiger partial charge in [-0.1, -0.05) is 12.1 Å². The highest BCUT2D eigenvalue weighted by atomic mass is 16.6. The molecule has 1 aromatic carbocycles. The lowest BCUT2D eigenvalue weighted by Crippen LogP contribution is -2.43. The fourth-order valence-electron chi connectivity index (χ4n) is 3.50. The van der Waals surface area contributed by atoms with Crippen LogP contribution >= 0.6 is 0 Å². The summed E-state index contributed by atoms with van der Waals surface area (Å²) < 4.78 is 10.8. The standard InChI is InChI=1S/C16H22N2O3/c1-18-11-7-8-12(18)10-13(9-11)21-16(19)17-14-5-3-4-6-15(14)20-2/h3-6,11-13H,7-10H2,1-2H3,(H,17,19). The number of carbonyl (C=O) groups excluding carboxylic acids is 1. The van der Waals surface area contributed by atoms with Crippen LogP contribution in [0.5, 0.6) is 5.75 Å². The summed E-state index contributed by atoms with van der Waals surface area (Å²) in [6, 6.07) is 8.46. The number of para-hydroxylation sites is 2. The molecule has 1 amide bonds. The van der Waals surface area contributed by atoms with Crippen molar-refractivity contribution >= 4 is 11.8 Å². The molecule has 0 radical (unpaired) electrons. The van der Waals surface area contributed by atoms with Crippen LogP contribution in [-0.2, 0) is 4.74 Å². The van der Waals surface area contributed by atoms with Crippen LogP contribution in [0.1, 0.15) is 25.7 Å². The summed E-state index contributed by atoms with van der Waals surface area (Å²) in [5.74, 6) is 0.637. The molecular weight excluding hydrogens is 268 g/mol. The van der Waals surface area contributed by atoms with E-state index in [1.165, 1.54) is 12.8 Å². The number of hydrogen-bond acceptors (Lipinski definition) is 4. The molecule has 1 N–H and O–H groups in total. The summed E-state index contributed by atoms with van der Waals surface area (Å²) in [6.07, 6.45) is 3.94. The Morgan fingerprint density at radius 3 is 2.57 bits per heavy atom. The molecule has 5 heteroatoms. The molecule has 0 spiro atoms. The molecule has 2 atom stereocenters. The van der Waals surface area contributed by atoms with Crippen LogP contribution in [-0.4, -0.2) is 43.3 Å². The number of methoxy groups -OCH3 is 1. The number of anilines is 1. The van der Waals surface area contributed by atoms with E-state index >= 15 is 0 Å². The van der Waals surface area contributed by atoms with E-state index in [0.29, 0.717) is 23.5 Å². The Kier molecular flexibility index (Phi) is 4.01. The molecule has 0 aliphatic carbocycles. The van der Waals surface area contributed by atoms with E-state index in [2.05, 4.69) is 17.3 Å². The lowest BCUT2D eigenvalue weighted by atomic mass is 10.0. The fourth-order valence-corrected chi connectivity index (χ4v) is 3.50. The van der Waals surface area contributed by atoms with Crippen molar-refractivity contribution in [2.45, 2.75) is 43.9 Å². The highest BCUT2D eigenvalue weighted by molar-refractivity contribution is 5.86. The minimum atomic E-state index is -0.395. The Balaban J connectivity index is 1.57. The lowest BCUT2D eigenvalue weighted by molar-refractivity contribution is 0.0348. The van der Waals surface area contributed by atoms with Crippen molar-refractivity contribution in [3.05, 3.63) is 24.3 Å². The predicted molar refractivity (Wildman–Crippen MR) is 80.7 cm³/mol. The van der Waals surface area contributed by atoms with E-state index in [1.54, 1.807) is 13.2 Å². The summed E-state index contributed by atoms with van der Waals surface area (Å²) in [6.45, 7) is 0. The molecule has 3 rings (SSSR count). The molecule has 2 bridgehead atoms. The first-order valence-corrected chi connectivity index (χ1v) is 7.50. The Hall–Kier alpha value is -1.75. The Morgan fingerprint density at radius 2 is 1.90 bits per heavy atom. The number of benzene rings is 1. The molecule has 2 aliphatic heterocycles. The first-order valence-electron chi connectivity index (χ1n) is 7.50. The molecule has 2 saturated heterocycles. The van der Waals surface area contributed by atoms with Crippen molar-refractivity contribution in [2.75, 3.05) is 19.5 Å². The Morgan fingerprint density at radius 1 is 1.24 bits per heavy atom. The van der Waals surface area contributed by atoms with Crippen molar-refractivity contribution in [2.24, 2.45) is 0 Å². The highest BCUT2D eigenvalue weighted by Gasteiger charge is 2.39. The monoisotopic (exact) mass is 290 g/mol. The van der Waals surface area contributed by atoms with Crippen molar-refractivity contribution in [3.8, 4) is 5.75 Å². The van der Waals surface area contributed by atoms with Crippen LogP contribution in [0.15, 0.2) is 24.3 Å². The number of rotatable bonds is 3. The van der Waals surface area contributed by atoms with E-state index in [9.17, 15) is 4.79 Å². The maximum Gasteiger partial charge on any atom is 0.412 e. The maximum atomic E-state index is 12.1. The van der Waals surface area contributed by atoms with E-state index in [1.807, 2.05) is 18.2 Å². The summed E-state index contributed by atoms with van der Waals surface area (Å²) in [7, 11) is 3.76. The summed E-state index contributed by atoms with van der Waals surface area (Å²) in [5.41, 5.74) is 0.640. The lowest BCUT2D eigenvalue weighted by Gasteiger charge is -2.35. The average molecular weight is 290 g/mol. The number of nitrogens with zero attached hydrogens (tertiary/aromatic N) is 1. The van der Waals surface area contributed by atoms with Crippen molar-refractivity contribution in [1.82, 2.24) is 4.90 Å². The number of piperidine rings is 1. The van der Waals surface area contributed by atoms with Crippen LogP contribution in [0.4, 0.5) is 10.5 Å². The van der Waals surface area contributed by atoms with Crippen LogP contribution in [0.25, 0.3) is 0 Å². The number of hydrogen-bond donors (Lipinski definition) is 1. The molecule has 1 aromatic rings. The molecule has 21 heavy (non-hydrogen) atoms. The van der Waals surface area contributed by atoms with Gasteiger partial charge in [-0.05, 0) is 32.0 Å². The minimum absolute atomic E-state index is 0.0217. The largest absolute Gasteiger partial charge is 0.495 e. The molecule has 0 saturated carbocycles. The average Bonchev–Trinajstić information content (AvgIpc) is 2.70. The van der Waals surface area contributed by atoms with Crippen molar-refractivity contribution in [1.29, 1.82) is 0 Å². The van der Waals surface area contributed by atoms with E-state index in [4.69, 9.17) is 9.47 Å². The molecular formula is C16H22N2O3. The normalized spacial score (nSPS) is 28.2. The van der Waals surface area contributed by atoms with Gasteiger partial charge < -0.3 is 14.4 Å². The second kappa shape index (κ2) is 5.93. The van der Waals surface area contributed by atoms with Gasteiger partial charge in [-0.3, -0.25) is 5.32 Å². The number of ether oxygens (including phenoxy) is 2. The zero-order valence-electron chi connectivity index (χ0n) is 12.5. The fraction of sp³-hybridized carbons (Fsp3) is 0.562. The van der Waals surface area contributed by atoms with Gasteiger partial charge in [-0.25, -0.2) is 4.79 Å². The number of amides is 1. The van der Waals surface area contributed by atoms with Crippen molar-refractivity contribution in [3.63, 3.8) is 0 Å². The third-order valence-electron chi connectivity index (χ3n) is 4.67. The van der Waals surface area contributed by atoms with E-state index < -0.39 is 6.09 Å². The predicted octanol–water partition coefficient (Wildman–Crippen LogP) is 2.87. The Labute approximate surface area is 125 Å². The molecule has 2 aliphatic rings. The van der Waals surface area contributed by atoms with Gasteiger partial charge in [0, 0.05) is 24.9 Å². The molecule has 2 unspecified atom stereocenters. The van der Waals surface area contributed by atoms with Gasteiger partial charge in [0.25, 0.3) is 0 Å². The van der Waals surface area contributed by atoms with Gasteiger partial charge in [0.1, 0.15) is 11.9 Å². The van der Waals surface area contributed by atoms with Gasteiger partial charge in [-0.2, -0.15) is 0 Å². The second-order valence-corrected chi connectivity index (χ2v) is 5.87. The Bertz CT molecular complexity index is 506. The molecule has 0 aromatic heterocycles. The molecule has 2 fully saturated rings. The molecule has 114 valence electrons. The number of carbonyl (C=O) groups is 1. The van der Waals surface area contributed by atoms with Gasteiger partial charge in [0.05, 0.1) is 12.8 Å². The summed E-state index contributed by atoms with van der Waals surface area (Å²) in [4.78, 5) is 14.5. The van der Waals surface area contributed by atoms with Gasteiger partial charge in [0.15, 0.2) is 0 Å². The summed E-state index contributed by atoms with van der Waals surface area (Å²) in [5, 5.41) is 2.77. The van der Waals surface area contributed by atoms with Crippen molar-refractivity contribution < 1.29 is 14.3 Å². The first-order chi connectivity index (χ1) is 10.2. The van der Waals surface area contributed by atoms with E-state index in [-0.39, 0.29) is 6.10 Å². The molecule has 2 heterocycles. The third kappa shape index (κ3) is 2.97. The number of fused-ring (bicyclic) bond motifs is 2. The third-order valence-corrected chi connectivity index (χ3v) is 4.67. The summed E-state index contributed by atoms with van der Waals surface area (Å²) >= 11 is 0. The van der Waals surface area contributed by atoms with Crippen LogP contribution < -0.4 is 10.1 Å². The van der Waals surface area contributed by atoms with Gasteiger partial charge in [-0.15, -0.1) is 0 Å². The zero-order chi connectivity index (χ0) is 14.8. The van der Waals surface area contributed by atoms with Crippen LogP contribution in [0.2, 0.25) is 0 Å². The van der Waals surface area contributed by atoms with Gasteiger partial charge in [0.2, 0.25) is 0 Å². The quantitative estimate of drug-likeness (QED) is 0.930. The van der Waals surface area contributed by atoms with E-state index in [0.717, 1.165) is 12.8 Å². The zero-order valence-corrected chi connectivity index (χ0v) is 12.5. The SMILES string of the molecule is COc1ccccc1NC(=O)OC1CC2CCC(C1)N2C. The first kappa shape index (κ1) is 14.2. The number of nitrogens with one attached hydrogen (secondary N) is 1. The topological polar surface area (TPSA) is 50.8 Å². The second-order valence-electron chi connectivity index (χ2n) is 5.87.